The topological polar surface area (TPSA) is 56.6 Å². The van der Waals surface area contributed by atoms with Crippen LogP contribution in [0.4, 0.5) is 0 Å². The molecule has 1 aliphatic heterocycles. The van der Waals surface area contributed by atoms with Gasteiger partial charge in [-0.25, -0.2) is 0 Å². The standard InChI is InChI=1S/C14H23N3O3/c1-16(9-12-8-15-17(2)10-12)14(18)5-7-19-11-13-4-3-6-20-13/h8,10,13H,3-7,9,11H2,1-2H3. The quantitative estimate of drug-likeness (QED) is 0.699. The first-order valence-corrected chi connectivity index (χ1v) is 7.06. The minimum atomic E-state index is 0.0844. The second kappa shape index (κ2) is 7.40. The molecular formula is C14H23N3O3. The number of hydrogen-bond acceptors (Lipinski definition) is 4. The monoisotopic (exact) mass is 281 g/mol. The van der Waals surface area contributed by atoms with E-state index >= 15 is 0 Å². The van der Waals surface area contributed by atoms with Crippen molar-refractivity contribution in [3.05, 3.63) is 18.0 Å². The number of aromatic nitrogens is 2. The average Bonchev–Trinajstić information content (AvgIpc) is 3.06. The molecule has 6 heteroatoms. The van der Waals surface area contributed by atoms with E-state index in [2.05, 4.69) is 5.10 Å². The van der Waals surface area contributed by atoms with E-state index < -0.39 is 0 Å². The summed E-state index contributed by atoms with van der Waals surface area (Å²) in [4.78, 5) is 13.6. The van der Waals surface area contributed by atoms with Crippen molar-refractivity contribution in [3.8, 4) is 0 Å². The van der Waals surface area contributed by atoms with Crippen molar-refractivity contribution in [2.24, 2.45) is 7.05 Å². The summed E-state index contributed by atoms with van der Waals surface area (Å²) in [6.45, 7) is 2.47. The third-order valence-electron chi connectivity index (χ3n) is 3.39. The molecule has 112 valence electrons. The van der Waals surface area contributed by atoms with Gasteiger partial charge in [0.05, 0.1) is 31.9 Å². The Bertz CT molecular complexity index is 427. The fourth-order valence-electron chi connectivity index (χ4n) is 2.26. The summed E-state index contributed by atoms with van der Waals surface area (Å²) < 4.78 is 12.7. The van der Waals surface area contributed by atoms with Crippen molar-refractivity contribution in [2.45, 2.75) is 31.9 Å². The van der Waals surface area contributed by atoms with Crippen LogP contribution >= 0.6 is 0 Å². The SMILES string of the molecule is CN(Cc1cnn(C)c1)C(=O)CCOCC1CCCO1. The molecule has 1 unspecified atom stereocenters. The Hall–Kier alpha value is -1.40. The van der Waals surface area contributed by atoms with Gasteiger partial charge < -0.3 is 14.4 Å². The van der Waals surface area contributed by atoms with Gasteiger partial charge in [0.1, 0.15) is 0 Å². The molecule has 2 rings (SSSR count). The molecule has 0 aromatic carbocycles. The first-order chi connectivity index (χ1) is 9.65. The summed E-state index contributed by atoms with van der Waals surface area (Å²) in [5.74, 6) is 0.0844. The molecule has 0 aliphatic carbocycles. The molecule has 0 spiro atoms. The van der Waals surface area contributed by atoms with Gasteiger partial charge in [-0.1, -0.05) is 0 Å². The highest BCUT2D eigenvalue weighted by molar-refractivity contribution is 5.75. The van der Waals surface area contributed by atoms with E-state index in [0.717, 1.165) is 25.0 Å². The molecule has 20 heavy (non-hydrogen) atoms. The highest BCUT2D eigenvalue weighted by atomic mass is 16.5. The maximum Gasteiger partial charge on any atom is 0.224 e. The van der Waals surface area contributed by atoms with Crippen molar-refractivity contribution >= 4 is 5.91 Å². The molecule has 1 saturated heterocycles. The van der Waals surface area contributed by atoms with Gasteiger partial charge in [0.25, 0.3) is 0 Å². The van der Waals surface area contributed by atoms with Crippen LogP contribution in [0.2, 0.25) is 0 Å². The van der Waals surface area contributed by atoms with E-state index in [4.69, 9.17) is 9.47 Å². The highest BCUT2D eigenvalue weighted by Gasteiger charge is 2.16. The molecule has 1 aromatic heterocycles. The lowest BCUT2D eigenvalue weighted by molar-refractivity contribution is -0.131. The largest absolute Gasteiger partial charge is 0.378 e. The number of nitrogens with zero attached hydrogens (tertiary/aromatic N) is 3. The number of aryl methyl sites for hydroxylation is 1. The molecule has 1 amide bonds. The van der Waals surface area contributed by atoms with Crippen molar-refractivity contribution in [3.63, 3.8) is 0 Å². The van der Waals surface area contributed by atoms with Gasteiger partial charge in [-0.05, 0) is 12.8 Å². The zero-order chi connectivity index (χ0) is 14.4. The van der Waals surface area contributed by atoms with Crippen LogP contribution in [-0.2, 0) is 27.9 Å². The van der Waals surface area contributed by atoms with Gasteiger partial charge in [0, 0.05) is 39.0 Å². The summed E-state index contributed by atoms with van der Waals surface area (Å²) in [6.07, 6.45) is 6.49. The number of rotatable bonds is 7. The molecular weight excluding hydrogens is 258 g/mol. The summed E-state index contributed by atoms with van der Waals surface area (Å²) in [5.41, 5.74) is 1.03. The summed E-state index contributed by atoms with van der Waals surface area (Å²) in [5, 5.41) is 4.09. The number of ether oxygens (including phenoxy) is 2. The first-order valence-electron chi connectivity index (χ1n) is 7.06. The Balaban J connectivity index is 1.61. The van der Waals surface area contributed by atoms with Gasteiger partial charge in [-0.3, -0.25) is 9.48 Å². The Labute approximate surface area is 119 Å². The fourth-order valence-corrected chi connectivity index (χ4v) is 2.26. The third kappa shape index (κ3) is 4.61. The van der Waals surface area contributed by atoms with E-state index in [0.29, 0.717) is 26.2 Å². The van der Waals surface area contributed by atoms with E-state index in [1.54, 1.807) is 22.8 Å². The summed E-state index contributed by atoms with van der Waals surface area (Å²) in [6, 6.07) is 0. The van der Waals surface area contributed by atoms with Gasteiger partial charge in [0.2, 0.25) is 5.91 Å². The molecule has 0 saturated carbocycles. The van der Waals surface area contributed by atoms with Crippen molar-refractivity contribution < 1.29 is 14.3 Å². The van der Waals surface area contributed by atoms with Crippen LogP contribution in [0.1, 0.15) is 24.8 Å². The van der Waals surface area contributed by atoms with E-state index in [1.807, 2.05) is 13.2 Å². The number of carbonyl (C=O) groups is 1. The van der Waals surface area contributed by atoms with Crippen molar-refractivity contribution in [1.29, 1.82) is 0 Å². The molecule has 1 atom stereocenters. The van der Waals surface area contributed by atoms with Crippen LogP contribution in [0.25, 0.3) is 0 Å². The van der Waals surface area contributed by atoms with Crippen LogP contribution < -0.4 is 0 Å². The predicted octanol–water partition coefficient (Wildman–Crippen LogP) is 0.964. The maximum atomic E-state index is 11.9. The van der Waals surface area contributed by atoms with E-state index in [-0.39, 0.29) is 12.0 Å². The molecule has 2 heterocycles. The second-order valence-electron chi connectivity index (χ2n) is 5.23. The molecule has 0 radical (unpaired) electrons. The summed E-state index contributed by atoms with van der Waals surface area (Å²) >= 11 is 0. The number of carbonyl (C=O) groups excluding carboxylic acids is 1. The molecule has 1 aromatic rings. The van der Waals surface area contributed by atoms with Gasteiger partial charge in [-0.2, -0.15) is 5.10 Å². The van der Waals surface area contributed by atoms with Gasteiger partial charge in [0.15, 0.2) is 0 Å². The van der Waals surface area contributed by atoms with Crippen LogP contribution in [0.15, 0.2) is 12.4 Å². The zero-order valence-electron chi connectivity index (χ0n) is 12.2. The summed E-state index contributed by atoms with van der Waals surface area (Å²) in [7, 11) is 3.67. The lowest BCUT2D eigenvalue weighted by Crippen LogP contribution is -2.27. The average molecular weight is 281 g/mol. The first kappa shape index (κ1) is 15.0. The van der Waals surface area contributed by atoms with Crippen molar-refractivity contribution in [1.82, 2.24) is 14.7 Å². The molecule has 0 N–H and O–H groups in total. The minimum Gasteiger partial charge on any atom is -0.378 e. The van der Waals surface area contributed by atoms with Crippen molar-refractivity contribution in [2.75, 3.05) is 26.9 Å². The lowest BCUT2D eigenvalue weighted by atomic mass is 10.2. The van der Waals surface area contributed by atoms with Crippen LogP contribution in [-0.4, -0.2) is 53.6 Å². The smallest absolute Gasteiger partial charge is 0.224 e. The minimum absolute atomic E-state index is 0.0844. The van der Waals surface area contributed by atoms with Crippen LogP contribution in [0.5, 0.6) is 0 Å². The lowest BCUT2D eigenvalue weighted by Gasteiger charge is -2.16. The molecule has 1 aliphatic rings. The number of hydrogen-bond donors (Lipinski definition) is 0. The number of amides is 1. The Morgan fingerprint density at radius 3 is 3.15 bits per heavy atom. The molecule has 0 bridgehead atoms. The highest BCUT2D eigenvalue weighted by Crippen LogP contribution is 2.12. The zero-order valence-corrected chi connectivity index (χ0v) is 12.2. The van der Waals surface area contributed by atoms with Crippen LogP contribution in [0, 0.1) is 0 Å². The Morgan fingerprint density at radius 2 is 2.50 bits per heavy atom. The second-order valence-corrected chi connectivity index (χ2v) is 5.23. The predicted molar refractivity (Wildman–Crippen MR) is 74.1 cm³/mol. The van der Waals surface area contributed by atoms with E-state index in [9.17, 15) is 4.79 Å². The Kier molecular flexibility index (Phi) is 5.55. The Morgan fingerprint density at radius 1 is 1.65 bits per heavy atom. The van der Waals surface area contributed by atoms with Crippen LogP contribution in [0.3, 0.4) is 0 Å². The third-order valence-corrected chi connectivity index (χ3v) is 3.39. The normalized spacial score (nSPS) is 18.4. The molecule has 1 fully saturated rings. The van der Waals surface area contributed by atoms with Gasteiger partial charge in [-0.15, -0.1) is 0 Å². The molecule has 6 nitrogen and oxygen atoms in total. The maximum absolute atomic E-state index is 11.9. The van der Waals surface area contributed by atoms with E-state index in [1.165, 1.54) is 0 Å². The fraction of sp³-hybridized carbons (Fsp3) is 0.714. The van der Waals surface area contributed by atoms with Gasteiger partial charge >= 0.3 is 0 Å².